The summed E-state index contributed by atoms with van der Waals surface area (Å²) in [6, 6.07) is 8.97. The average molecular weight is 256 g/mol. The summed E-state index contributed by atoms with van der Waals surface area (Å²) < 4.78 is 2.22. The summed E-state index contributed by atoms with van der Waals surface area (Å²) in [7, 11) is 0. The van der Waals surface area contributed by atoms with Gasteiger partial charge in [-0.15, -0.1) is 0 Å². The summed E-state index contributed by atoms with van der Waals surface area (Å²) in [6.07, 6.45) is 6.48. The van der Waals surface area contributed by atoms with Crippen molar-refractivity contribution in [2.75, 3.05) is 0 Å². The molecule has 2 heteroatoms. The van der Waals surface area contributed by atoms with Gasteiger partial charge in [0.2, 0.25) is 0 Å². The highest BCUT2D eigenvalue weighted by Gasteiger charge is 2.06. The van der Waals surface area contributed by atoms with Crippen LogP contribution in [0, 0.1) is 13.8 Å². The van der Waals surface area contributed by atoms with E-state index < -0.39 is 0 Å². The summed E-state index contributed by atoms with van der Waals surface area (Å²) in [6.45, 7) is 7.40. The minimum absolute atomic E-state index is 0.172. The predicted octanol–water partition coefficient (Wildman–Crippen LogP) is 3.95. The molecule has 2 nitrogen and oxygen atoms in total. The Bertz CT molecular complexity index is 540. The van der Waals surface area contributed by atoms with Crippen LogP contribution in [0.15, 0.2) is 36.7 Å². The molecule has 1 aromatic heterocycles. The molecule has 2 rings (SSSR count). The number of benzene rings is 1. The van der Waals surface area contributed by atoms with Crippen LogP contribution in [0.25, 0.3) is 0 Å². The van der Waals surface area contributed by atoms with Crippen LogP contribution < -0.4 is 5.73 Å². The Hall–Kier alpha value is -1.54. The van der Waals surface area contributed by atoms with E-state index in [1.54, 1.807) is 0 Å². The Morgan fingerprint density at radius 3 is 2.63 bits per heavy atom. The molecule has 0 saturated heterocycles. The van der Waals surface area contributed by atoms with Crippen LogP contribution in [0.5, 0.6) is 0 Å². The molecule has 2 N–H and O–H groups in total. The van der Waals surface area contributed by atoms with Crippen LogP contribution in [0.3, 0.4) is 0 Å². The number of aryl methyl sites for hydroxylation is 2. The maximum absolute atomic E-state index is 6.14. The van der Waals surface area contributed by atoms with Crippen LogP contribution in [0.2, 0.25) is 0 Å². The first-order valence-electron chi connectivity index (χ1n) is 7.07. The lowest BCUT2D eigenvalue weighted by molar-refractivity contribution is 0.636. The lowest BCUT2D eigenvalue weighted by Gasteiger charge is -2.08. The second-order valence-electron chi connectivity index (χ2n) is 5.43. The van der Waals surface area contributed by atoms with Gasteiger partial charge in [-0.3, -0.25) is 0 Å². The quantitative estimate of drug-likeness (QED) is 0.862. The highest BCUT2D eigenvalue weighted by Crippen LogP contribution is 2.17. The molecule has 0 fully saturated rings. The van der Waals surface area contributed by atoms with Crippen molar-refractivity contribution in [1.82, 2.24) is 4.57 Å². The minimum Gasteiger partial charge on any atom is -0.350 e. The molecular formula is C17H24N2. The second-order valence-corrected chi connectivity index (χ2v) is 5.43. The topological polar surface area (TPSA) is 30.9 Å². The van der Waals surface area contributed by atoms with Gasteiger partial charge in [0.15, 0.2) is 0 Å². The first kappa shape index (κ1) is 13.9. The van der Waals surface area contributed by atoms with Gasteiger partial charge in [-0.05, 0) is 48.6 Å². The van der Waals surface area contributed by atoms with E-state index in [-0.39, 0.29) is 6.04 Å². The van der Waals surface area contributed by atoms with Gasteiger partial charge in [-0.1, -0.05) is 31.5 Å². The Morgan fingerprint density at radius 2 is 1.95 bits per heavy atom. The van der Waals surface area contributed by atoms with Gasteiger partial charge < -0.3 is 10.3 Å². The second kappa shape index (κ2) is 6.07. The summed E-state index contributed by atoms with van der Waals surface area (Å²) in [5.41, 5.74) is 11.4. The van der Waals surface area contributed by atoms with Crippen LogP contribution in [-0.4, -0.2) is 4.57 Å². The lowest BCUT2D eigenvalue weighted by Crippen LogP contribution is -2.08. The molecule has 1 heterocycles. The first-order chi connectivity index (χ1) is 9.10. The average Bonchev–Trinajstić information content (AvgIpc) is 2.83. The smallest absolute Gasteiger partial charge is 0.0470 e. The monoisotopic (exact) mass is 256 g/mol. The van der Waals surface area contributed by atoms with E-state index in [0.29, 0.717) is 0 Å². The highest BCUT2D eigenvalue weighted by atomic mass is 14.9. The zero-order chi connectivity index (χ0) is 13.8. The number of rotatable bonds is 5. The molecule has 0 aliphatic carbocycles. The van der Waals surface area contributed by atoms with Gasteiger partial charge >= 0.3 is 0 Å². The molecule has 0 aliphatic rings. The summed E-state index contributed by atoms with van der Waals surface area (Å²) in [4.78, 5) is 0. The van der Waals surface area contributed by atoms with Gasteiger partial charge in [0, 0.05) is 25.0 Å². The van der Waals surface area contributed by atoms with E-state index in [4.69, 9.17) is 5.73 Å². The molecule has 1 atom stereocenters. The van der Waals surface area contributed by atoms with E-state index in [1.807, 2.05) is 0 Å². The molecule has 1 unspecified atom stereocenters. The lowest BCUT2D eigenvalue weighted by atomic mass is 10.1. The minimum atomic E-state index is 0.172. The predicted molar refractivity (Wildman–Crippen MR) is 81.3 cm³/mol. The Labute approximate surface area is 116 Å². The number of nitrogens with two attached hydrogens (primary N) is 1. The fraction of sp³-hybridized carbons (Fsp3) is 0.412. The maximum Gasteiger partial charge on any atom is 0.0470 e. The highest BCUT2D eigenvalue weighted by molar-refractivity contribution is 5.30. The van der Waals surface area contributed by atoms with Crippen molar-refractivity contribution in [3.05, 3.63) is 58.9 Å². The van der Waals surface area contributed by atoms with Crippen molar-refractivity contribution in [1.29, 1.82) is 0 Å². The normalized spacial score (nSPS) is 12.6. The molecular weight excluding hydrogens is 232 g/mol. The molecule has 0 bridgehead atoms. The van der Waals surface area contributed by atoms with E-state index in [0.717, 1.165) is 19.4 Å². The number of aromatic nitrogens is 1. The standard InChI is InChI=1S/C17H24N2/c1-4-5-17(18)16-8-9-19(12-16)11-15-7-6-13(2)14(3)10-15/h6-10,12,17H,4-5,11,18H2,1-3H3. The van der Waals surface area contributed by atoms with Gasteiger partial charge in [-0.2, -0.15) is 0 Å². The van der Waals surface area contributed by atoms with Crippen molar-refractivity contribution in [3.63, 3.8) is 0 Å². The van der Waals surface area contributed by atoms with Gasteiger partial charge in [-0.25, -0.2) is 0 Å². The first-order valence-corrected chi connectivity index (χ1v) is 7.07. The van der Waals surface area contributed by atoms with Crippen molar-refractivity contribution < 1.29 is 0 Å². The molecule has 0 amide bonds. The molecule has 0 radical (unpaired) electrons. The summed E-state index contributed by atoms with van der Waals surface area (Å²) in [5, 5.41) is 0. The third-order valence-corrected chi connectivity index (χ3v) is 3.74. The van der Waals surface area contributed by atoms with Crippen molar-refractivity contribution in [2.24, 2.45) is 5.73 Å². The molecule has 0 spiro atoms. The molecule has 1 aromatic carbocycles. The Kier molecular flexibility index (Phi) is 4.43. The summed E-state index contributed by atoms with van der Waals surface area (Å²) >= 11 is 0. The third kappa shape index (κ3) is 3.48. The number of nitrogens with zero attached hydrogens (tertiary/aromatic N) is 1. The number of hydrogen-bond donors (Lipinski definition) is 1. The van der Waals surface area contributed by atoms with Crippen LogP contribution in [-0.2, 0) is 6.54 Å². The van der Waals surface area contributed by atoms with Crippen molar-refractivity contribution >= 4 is 0 Å². The molecule has 102 valence electrons. The van der Waals surface area contributed by atoms with E-state index in [2.05, 4.69) is 62.0 Å². The maximum atomic E-state index is 6.14. The van der Waals surface area contributed by atoms with Crippen LogP contribution in [0.4, 0.5) is 0 Å². The molecule has 0 saturated carbocycles. The fourth-order valence-electron chi connectivity index (χ4n) is 2.37. The van der Waals surface area contributed by atoms with E-state index in [1.165, 1.54) is 22.3 Å². The summed E-state index contributed by atoms with van der Waals surface area (Å²) in [5.74, 6) is 0. The Morgan fingerprint density at radius 1 is 1.16 bits per heavy atom. The van der Waals surface area contributed by atoms with Crippen molar-refractivity contribution in [3.8, 4) is 0 Å². The molecule has 2 aromatic rings. The Balaban J connectivity index is 2.09. The van der Waals surface area contributed by atoms with Crippen LogP contribution in [0.1, 0.15) is 48.1 Å². The zero-order valence-corrected chi connectivity index (χ0v) is 12.2. The van der Waals surface area contributed by atoms with Gasteiger partial charge in [0.1, 0.15) is 0 Å². The molecule has 19 heavy (non-hydrogen) atoms. The SMILES string of the molecule is CCCC(N)c1ccn(Cc2ccc(C)c(C)c2)c1. The van der Waals surface area contributed by atoms with Gasteiger partial charge in [0.25, 0.3) is 0 Å². The molecule has 0 aliphatic heterocycles. The number of hydrogen-bond acceptors (Lipinski definition) is 1. The van der Waals surface area contributed by atoms with Gasteiger partial charge in [0.05, 0.1) is 0 Å². The van der Waals surface area contributed by atoms with Crippen molar-refractivity contribution in [2.45, 2.75) is 46.2 Å². The van der Waals surface area contributed by atoms with E-state index in [9.17, 15) is 0 Å². The van der Waals surface area contributed by atoms with Crippen LogP contribution >= 0.6 is 0 Å². The van der Waals surface area contributed by atoms with E-state index >= 15 is 0 Å². The third-order valence-electron chi connectivity index (χ3n) is 3.74. The zero-order valence-electron chi connectivity index (χ0n) is 12.2. The fourth-order valence-corrected chi connectivity index (χ4v) is 2.37. The largest absolute Gasteiger partial charge is 0.350 e.